The quantitative estimate of drug-likeness (QED) is 0.864. The van der Waals surface area contributed by atoms with Crippen LogP contribution in [0.4, 0.5) is 4.39 Å². The molecule has 0 bridgehead atoms. The average Bonchev–Trinajstić information content (AvgIpc) is 2.40. The monoisotopic (exact) mass is 267 g/mol. The Kier molecular flexibility index (Phi) is 4.12. The predicted octanol–water partition coefficient (Wildman–Crippen LogP) is 3.38. The maximum absolute atomic E-state index is 13.4. The summed E-state index contributed by atoms with van der Waals surface area (Å²) in [5.41, 5.74) is 0.0456. The number of alkyl halides is 1. The fourth-order valence-electron chi connectivity index (χ4n) is 1.43. The highest BCUT2D eigenvalue weighted by Crippen LogP contribution is 2.23. The highest BCUT2D eigenvalue weighted by atomic mass is 35.5. The van der Waals surface area contributed by atoms with Gasteiger partial charge in [0.15, 0.2) is 5.56 Å². The normalized spacial score (nSPS) is 12.3. The molecule has 1 atom stereocenters. The Morgan fingerprint density at radius 1 is 1.33 bits per heavy atom. The number of hydrogen-bond acceptors (Lipinski definition) is 3. The Morgan fingerprint density at radius 2 is 2.17 bits per heavy atom. The van der Waals surface area contributed by atoms with Gasteiger partial charge in [0.05, 0.1) is 12.3 Å². The molecule has 0 fully saturated rings. The number of halogens is 2. The second-order valence-corrected chi connectivity index (χ2v) is 4.05. The van der Waals surface area contributed by atoms with Crippen LogP contribution in [0.5, 0.6) is 5.75 Å². The number of pyridine rings is 1. The van der Waals surface area contributed by atoms with E-state index in [2.05, 4.69) is 4.98 Å². The van der Waals surface area contributed by atoms with E-state index in [0.717, 1.165) is 0 Å². The van der Waals surface area contributed by atoms with Crippen LogP contribution in [-0.4, -0.2) is 10.1 Å². The Morgan fingerprint density at radius 3 is 2.89 bits per heavy atom. The SMILES string of the molecule is Oc1ccc(F)c(COC(Cl)c2ccccn2)c1. The number of hydrogen-bond donors (Lipinski definition) is 1. The first-order valence-electron chi connectivity index (χ1n) is 5.31. The van der Waals surface area contributed by atoms with Crippen LogP contribution in [0.3, 0.4) is 0 Å². The summed E-state index contributed by atoms with van der Waals surface area (Å²) in [6, 6.07) is 9.03. The van der Waals surface area contributed by atoms with Crippen molar-refractivity contribution < 1.29 is 14.2 Å². The molecular weight excluding hydrogens is 257 g/mol. The maximum atomic E-state index is 13.4. The van der Waals surface area contributed by atoms with E-state index in [4.69, 9.17) is 16.3 Å². The van der Waals surface area contributed by atoms with Gasteiger partial charge in [-0.15, -0.1) is 0 Å². The highest BCUT2D eigenvalue weighted by molar-refractivity contribution is 6.19. The van der Waals surface area contributed by atoms with Crippen LogP contribution < -0.4 is 0 Å². The largest absolute Gasteiger partial charge is 0.508 e. The highest BCUT2D eigenvalue weighted by Gasteiger charge is 2.11. The van der Waals surface area contributed by atoms with E-state index in [1.54, 1.807) is 24.4 Å². The number of aromatic hydroxyl groups is 1. The fraction of sp³-hybridized carbons (Fsp3) is 0.154. The summed E-state index contributed by atoms with van der Waals surface area (Å²) in [6.07, 6.45) is 1.60. The van der Waals surface area contributed by atoms with Crippen molar-refractivity contribution in [1.82, 2.24) is 4.98 Å². The Balaban J connectivity index is 2.01. The summed E-state index contributed by atoms with van der Waals surface area (Å²) >= 11 is 5.98. The van der Waals surface area contributed by atoms with Gasteiger partial charge in [0, 0.05) is 11.8 Å². The van der Waals surface area contributed by atoms with Gasteiger partial charge < -0.3 is 9.84 Å². The standard InChI is InChI=1S/C13H11ClFNO2/c14-13(12-3-1-2-6-16-12)18-8-9-7-10(17)4-5-11(9)15/h1-7,13,17H,8H2. The van der Waals surface area contributed by atoms with Crippen LogP contribution >= 0.6 is 11.6 Å². The lowest BCUT2D eigenvalue weighted by molar-refractivity contribution is 0.0894. The number of phenolic OH excluding ortho intramolecular Hbond substituents is 1. The molecule has 0 aliphatic heterocycles. The first-order chi connectivity index (χ1) is 8.66. The second-order valence-electron chi connectivity index (χ2n) is 3.66. The van der Waals surface area contributed by atoms with Crippen LogP contribution in [0.25, 0.3) is 0 Å². The van der Waals surface area contributed by atoms with Gasteiger partial charge in [-0.1, -0.05) is 17.7 Å². The van der Waals surface area contributed by atoms with E-state index in [-0.39, 0.29) is 17.9 Å². The van der Waals surface area contributed by atoms with Gasteiger partial charge in [0.1, 0.15) is 11.6 Å². The van der Waals surface area contributed by atoms with Gasteiger partial charge in [0.2, 0.25) is 0 Å². The molecule has 0 radical (unpaired) electrons. The molecule has 2 rings (SSSR count). The van der Waals surface area contributed by atoms with E-state index >= 15 is 0 Å². The average molecular weight is 268 g/mol. The summed E-state index contributed by atoms with van der Waals surface area (Å²) in [7, 11) is 0. The van der Waals surface area contributed by atoms with Crippen molar-refractivity contribution in [3.63, 3.8) is 0 Å². The molecule has 1 N–H and O–H groups in total. The number of phenols is 1. The minimum absolute atomic E-state index is 0.0149. The number of rotatable bonds is 4. The van der Waals surface area contributed by atoms with E-state index in [1.807, 2.05) is 0 Å². The van der Waals surface area contributed by atoms with Crippen LogP contribution in [0.1, 0.15) is 16.8 Å². The molecule has 5 heteroatoms. The zero-order valence-electron chi connectivity index (χ0n) is 9.38. The van der Waals surface area contributed by atoms with Crippen molar-refractivity contribution in [1.29, 1.82) is 0 Å². The Labute approximate surface area is 109 Å². The summed E-state index contributed by atoms with van der Waals surface area (Å²) < 4.78 is 18.7. The fourth-order valence-corrected chi connectivity index (χ4v) is 1.62. The molecular formula is C13H11ClFNO2. The van der Waals surface area contributed by atoms with E-state index < -0.39 is 11.4 Å². The summed E-state index contributed by atoms with van der Waals surface area (Å²) in [5, 5.41) is 9.25. The van der Waals surface area contributed by atoms with E-state index in [0.29, 0.717) is 5.69 Å². The number of benzene rings is 1. The van der Waals surface area contributed by atoms with Crippen molar-refractivity contribution in [3.8, 4) is 5.75 Å². The van der Waals surface area contributed by atoms with E-state index in [1.165, 1.54) is 18.2 Å². The molecule has 1 heterocycles. The maximum Gasteiger partial charge on any atom is 0.173 e. The zero-order valence-corrected chi connectivity index (χ0v) is 10.1. The van der Waals surface area contributed by atoms with Gasteiger partial charge in [0.25, 0.3) is 0 Å². The zero-order chi connectivity index (χ0) is 13.0. The molecule has 0 saturated heterocycles. The van der Waals surface area contributed by atoms with Gasteiger partial charge in [-0.3, -0.25) is 4.98 Å². The molecule has 2 aromatic rings. The lowest BCUT2D eigenvalue weighted by Gasteiger charge is -2.11. The summed E-state index contributed by atoms with van der Waals surface area (Å²) in [6.45, 7) is -0.0367. The first-order valence-corrected chi connectivity index (χ1v) is 5.74. The number of nitrogens with zero attached hydrogens (tertiary/aromatic N) is 1. The second kappa shape index (κ2) is 5.80. The topological polar surface area (TPSA) is 42.4 Å². The van der Waals surface area contributed by atoms with Crippen molar-refractivity contribution in [2.75, 3.05) is 0 Å². The Hall–Kier alpha value is -1.65. The van der Waals surface area contributed by atoms with Crippen LogP contribution in [0.15, 0.2) is 42.6 Å². The predicted molar refractivity (Wildman–Crippen MR) is 65.7 cm³/mol. The molecule has 0 spiro atoms. The molecule has 1 aromatic heterocycles. The molecule has 18 heavy (non-hydrogen) atoms. The molecule has 0 aliphatic rings. The third-order valence-corrected chi connectivity index (χ3v) is 2.68. The summed E-state index contributed by atoms with van der Waals surface area (Å²) in [4.78, 5) is 4.03. The van der Waals surface area contributed by atoms with Crippen molar-refractivity contribution in [2.24, 2.45) is 0 Å². The van der Waals surface area contributed by atoms with E-state index in [9.17, 15) is 9.50 Å². The number of ether oxygens (including phenoxy) is 1. The van der Waals surface area contributed by atoms with Gasteiger partial charge in [-0.05, 0) is 30.3 Å². The van der Waals surface area contributed by atoms with Crippen molar-refractivity contribution in [2.45, 2.75) is 12.2 Å². The number of aromatic nitrogens is 1. The molecule has 0 saturated carbocycles. The van der Waals surface area contributed by atoms with Gasteiger partial charge in [-0.2, -0.15) is 0 Å². The Bertz CT molecular complexity index is 522. The smallest absolute Gasteiger partial charge is 0.173 e. The van der Waals surface area contributed by atoms with Crippen LogP contribution in [0, 0.1) is 5.82 Å². The third-order valence-electron chi connectivity index (χ3n) is 2.33. The lowest BCUT2D eigenvalue weighted by atomic mass is 10.2. The van der Waals surface area contributed by atoms with Crippen LogP contribution in [-0.2, 0) is 11.3 Å². The minimum Gasteiger partial charge on any atom is -0.508 e. The molecule has 1 aromatic carbocycles. The molecule has 0 aliphatic carbocycles. The minimum atomic E-state index is -0.757. The molecule has 0 amide bonds. The van der Waals surface area contributed by atoms with Crippen molar-refractivity contribution >= 4 is 11.6 Å². The lowest BCUT2D eigenvalue weighted by Crippen LogP contribution is -2.01. The molecule has 94 valence electrons. The van der Waals surface area contributed by atoms with Gasteiger partial charge >= 0.3 is 0 Å². The van der Waals surface area contributed by atoms with Crippen molar-refractivity contribution in [3.05, 3.63) is 59.7 Å². The molecule has 3 nitrogen and oxygen atoms in total. The van der Waals surface area contributed by atoms with Crippen LogP contribution in [0.2, 0.25) is 0 Å². The summed E-state index contributed by atoms with van der Waals surface area (Å²) in [5.74, 6) is -0.461. The third kappa shape index (κ3) is 3.18. The first kappa shape index (κ1) is 12.8. The van der Waals surface area contributed by atoms with Gasteiger partial charge in [-0.25, -0.2) is 4.39 Å². The molecule has 1 unspecified atom stereocenters.